The molecule has 1 heterocycles. The highest BCUT2D eigenvalue weighted by molar-refractivity contribution is 7.87. The van der Waals surface area contributed by atoms with Gasteiger partial charge in [0.1, 0.15) is 16.5 Å². The fourth-order valence-corrected chi connectivity index (χ4v) is 5.67. The first-order chi connectivity index (χ1) is 21.0. The molecular formula is C29H14F9NO5S. The quantitative estimate of drug-likeness (QED) is 0.0884. The SMILES string of the molecule is COc1cc(-c2cc(F)cc(C(F)(F)F)c2)ccc1-c1c(S(=O)(=O)Oc2c(F)c(F)c(F)c(F)c2F)ccc2[nH]c(=O)ccc12. The van der Waals surface area contributed by atoms with E-state index in [9.17, 15) is 52.7 Å². The molecule has 0 bridgehead atoms. The van der Waals surface area contributed by atoms with Crippen molar-refractivity contribution in [3.63, 3.8) is 0 Å². The number of fused-ring (bicyclic) bond motifs is 1. The van der Waals surface area contributed by atoms with Crippen LogP contribution in [0.15, 0.2) is 70.4 Å². The molecule has 0 amide bonds. The third-order valence-electron chi connectivity index (χ3n) is 6.53. The van der Waals surface area contributed by atoms with Crippen molar-refractivity contribution in [3.05, 3.63) is 111 Å². The Morgan fingerprint density at radius 3 is 2.00 bits per heavy atom. The highest BCUT2D eigenvalue weighted by Crippen LogP contribution is 2.43. The number of alkyl halides is 3. The Morgan fingerprint density at radius 1 is 0.733 bits per heavy atom. The number of nitrogens with one attached hydrogen (secondary N) is 1. The molecule has 1 aromatic heterocycles. The van der Waals surface area contributed by atoms with Crippen LogP contribution in [0.4, 0.5) is 39.5 Å². The molecule has 0 aliphatic rings. The van der Waals surface area contributed by atoms with Crippen LogP contribution >= 0.6 is 0 Å². The Balaban J connectivity index is 1.75. The van der Waals surface area contributed by atoms with Crippen molar-refractivity contribution in [2.45, 2.75) is 11.1 Å². The normalized spacial score (nSPS) is 12.0. The average Bonchev–Trinajstić information content (AvgIpc) is 2.99. The van der Waals surface area contributed by atoms with Crippen LogP contribution in [-0.4, -0.2) is 20.5 Å². The van der Waals surface area contributed by atoms with Gasteiger partial charge in [-0.25, -0.2) is 17.6 Å². The summed E-state index contributed by atoms with van der Waals surface area (Å²) in [6.45, 7) is 0. The number of methoxy groups -OCH3 is 1. The number of pyridine rings is 1. The van der Waals surface area contributed by atoms with Crippen molar-refractivity contribution >= 4 is 21.0 Å². The Kier molecular flexibility index (Phi) is 7.81. The number of ether oxygens (including phenoxy) is 1. The number of benzene rings is 4. The fourth-order valence-electron chi connectivity index (χ4n) is 4.51. The van der Waals surface area contributed by atoms with E-state index in [1.165, 1.54) is 6.07 Å². The minimum atomic E-state index is -5.46. The van der Waals surface area contributed by atoms with Gasteiger partial charge in [0.15, 0.2) is 0 Å². The van der Waals surface area contributed by atoms with Crippen molar-refractivity contribution in [2.24, 2.45) is 0 Å². The fraction of sp³-hybridized carbons (Fsp3) is 0.0690. The van der Waals surface area contributed by atoms with Gasteiger partial charge in [-0.3, -0.25) is 4.79 Å². The Labute approximate surface area is 246 Å². The molecule has 234 valence electrons. The molecule has 0 fully saturated rings. The zero-order chi connectivity index (χ0) is 33.0. The summed E-state index contributed by atoms with van der Waals surface area (Å²) >= 11 is 0. The van der Waals surface area contributed by atoms with E-state index in [0.717, 1.165) is 49.6 Å². The number of rotatable bonds is 6. The molecule has 1 N–H and O–H groups in total. The lowest BCUT2D eigenvalue weighted by Gasteiger charge is -2.18. The van der Waals surface area contributed by atoms with E-state index in [0.29, 0.717) is 6.07 Å². The molecule has 0 saturated carbocycles. The summed E-state index contributed by atoms with van der Waals surface area (Å²) in [5.74, 6) is -16.2. The standard InChI is InChI=1S/C29H14F9NO5S/c1-43-19-10-12(13-8-14(29(36,37)38)11-15(30)9-13)2-3-17(19)22-16-4-7-21(40)39-18(16)5-6-20(22)45(41,42)44-28-26(34)24(32)23(31)25(33)27(28)35/h2-11H,1H3,(H,39,40). The molecule has 0 saturated heterocycles. The number of halogens is 9. The summed E-state index contributed by atoms with van der Waals surface area (Å²) in [5.41, 5.74) is -2.68. The van der Waals surface area contributed by atoms with Crippen molar-refractivity contribution in [1.82, 2.24) is 4.98 Å². The summed E-state index contributed by atoms with van der Waals surface area (Å²) in [5, 5.41) is -0.0483. The third kappa shape index (κ3) is 5.68. The first-order valence-corrected chi connectivity index (χ1v) is 13.6. The maximum atomic E-state index is 14.4. The minimum Gasteiger partial charge on any atom is -0.496 e. The zero-order valence-electron chi connectivity index (χ0n) is 22.1. The summed E-state index contributed by atoms with van der Waals surface area (Å²) in [7, 11) is -4.36. The molecule has 5 rings (SSSR count). The second kappa shape index (κ2) is 11.2. The average molecular weight is 659 g/mol. The van der Waals surface area contributed by atoms with Crippen molar-refractivity contribution in [2.75, 3.05) is 7.11 Å². The molecule has 5 aromatic rings. The number of hydrogen-bond donors (Lipinski definition) is 1. The molecule has 4 aromatic carbocycles. The number of hydrogen-bond acceptors (Lipinski definition) is 5. The van der Waals surface area contributed by atoms with Crippen LogP contribution < -0.4 is 14.5 Å². The first-order valence-electron chi connectivity index (χ1n) is 12.2. The molecule has 0 radical (unpaired) electrons. The largest absolute Gasteiger partial charge is 0.496 e. The van der Waals surface area contributed by atoms with Crippen LogP contribution in [0.5, 0.6) is 11.5 Å². The monoisotopic (exact) mass is 659 g/mol. The van der Waals surface area contributed by atoms with Gasteiger partial charge in [-0.15, -0.1) is 0 Å². The topological polar surface area (TPSA) is 85.5 Å². The second-order valence-corrected chi connectivity index (χ2v) is 10.8. The predicted octanol–water partition coefficient (Wildman–Crippen LogP) is 7.49. The molecule has 16 heteroatoms. The summed E-state index contributed by atoms with van der Waals surface area (Å²) < 4.78 is 160. The van der Waals surface area contributed by atoms with E-state index in [-0.39, 0.29) is 45.0 Å². The maximum Gasteiger partial charge on any atom is 0.416 e. The Hall–Kier alpha value is -4.99. The molecule has 0 aliphatic heterocycles. The van der Waals surface area contributed by atoms with E-state index in [2.05, 4.69) is 9.17 Å². The molecule has 0 atom stereocenters. The van der Waals surface area contributed by atoms with Gasteiger partial charge in [-0.05, 0) is 59.7 Å². The van der Waals surface area contributed by atoms with E-state index < -0.39 is 73.0 Å². The van der Waals surface area contributed by atoms with Crippen LogP contribution in [0, 0.1) is 34.9 Å². The minimum absolute atomic E-state index is 0.0127. The van der Waals surface area contributed by atoms with E-state index in [1.54, 1.807) is 0 Å². The van der Waals surface area contributed by atoms with Crippen LogP contribution in [-0.2, 0) is 16.3 Å². The molecule has 45 heavy (non-hydrogen) atoms. The first kappa shape index (κ1) is 31.4. The smallest absolute Gasteiger partial charge is 0.416 e. The highest BCUT2D eigenvalue weighted by Gasteiger charge is 2.34. The van der Waals surface area contributed by atoms with Crippen molar-refractivity contribution in [3.8, 4) is 33.8 Å². The van der Waals surface area contributed by atoms with Crippen molar-refractivity contribution in [1.29, 1.82) is 0 Å². The zero-order valence-corrected chi connectivity index (χ0v) is 22.9. The maximum absolute atomic E-state index is 14.4. The summed E-state index contributed by atoms with van der Waals surface area (Å²) in [6.07, 6.45) is -4.89. The van der Waals surface area contributed by atoms with Gasteiger partial charge >= 0.3 is 16.3 Å². The summed E-state index contributed by atoms with van der Waals surface area (Å²) in [6, 6.07) is 9.22. The van der Waals surface area contributed by atoms with E-state index in [4.69, 9.17) is 4.74 Å². The third-order valence-corrected chi connectivity index (χ3v) is 7.79. The second-order valence-electron chi connectivity index (χ2n) is 9.30. The van der Waals surface area contributed by atoms with Gasteiger partial charge in [0, 0.05) is 28.1 Å². The van der Waals surface area contributed by atoms with Gasteiger partial charge in [-0.2, -0.15) is 30.4 Å². The van der Waals surface area contributed by atoms with Gasteiger partial charge in [0.05, 0.1) is 12.7 Å². The molecular weight excluding hydrogens is 645 g/mol. The van der Waals surface area contributed by atoms with Gasteiger partial charge in [-0.1, -0.05) is 6.07 Å². The molecule has 6 nitrogen and oxygen atoms in total. The van der Waals surface area contributed by atoms with Crippen LogP contribution in [0.25, 0.3) is 33.2 Å². The molecule has 0 unspecified atom stereocenters. The number of aromatic nitrogens is 1. The van der Waals surface area contributed by atoms with Crippen LogP contribution in [0.3, 0.4) is 0 Å². The Morgan fingerprint density at radius 2 is 1.38 bits per heavy atom. The van der Waals surface area contributed by atoms with Gasteiger partial charge in [0.2, 0.25) is 40.4 Å². The van der Waals surface area contributed by atoms with Crippen LogP contribution in [0.2, 0.25) is 0 Å². The predicted molar refractivity (Wildman–Crippen MR) is 141 cm³/mol. The van der Waals surface area contributed by atoms with E-state index in [1.807, 2.05) is 0 Å². The lowest BCUT2D eigenvalue weighted by atomic mass is 9.95. The summed E-state index contributed by atoms with van der Waals surface area (Å²) in [4.78, 5) is 13.5. The lowest BCUT2D eigenvalue weighted by molar-refractivity contribution is -0.137. The lowest BCUT2D eigenvalue weighted by Crippen LogP contribution is -2.16. The molecule has 0 aliphatic carbocycles. The number of aromatic amines is 1. The van der Waals surface area contributed by atoms with Crippen molar-refractivity contribution < 1.29 is 56.9 Å². The highest BCUT2D eigenvalue weighted by atomic mass is 32.2. The van der Waals surface area contributed by atoms with Gasteiger partial charge in [0.25, 0.3) is 0 Å². The van der Waals surface area contributed by atoms with Crippen LogP contribution in [0.1, 0.15) is 5.56 Å². The van der Waals surface area contributed by atoms with E-state index >= 15 is 0 Å². The molecule has 0 spiro atoms. The van der Waals surface area contributed by atoms with Gasteiger partial charge < -0.3 is 13.9 Å². The number of H-pyrrole nitrogens is 1. The Bertz CT molecular complexity index is 2150.